The minimum absolute atomic E-state index is 0.0633. The van der Waals surface area contributed by atoms with Gasteiger partial charge in [0, 0.05) is 31.5 Å². The summed E-state index contributed by atoms with van der Waals surface area (Å²) in [5, 5.41) is 24.1. The molecule has 3 N–H and O–H groups in total. The number of anilines is 3. The van der Waals surface area contributed by atoms with Gasteiger partial charge in [-0.1, -0.05) is 30.3 Å². The van der Waals surface area contributed by atoms with Crippen LogP contribution in [0.3, 0.4) is 0 Å². The fourth-order valence-electron chi connectivity index (χ4n) is 3.44. The Morgan fingerprint density at radius 2 is 1.97 bits per heavy atom. The Morgan fingerprint density at radius 3 is 2.62 bits per heavy atom. The van der Waals surface area contributed by atoms with Gasteiger partial charge in [0.15, 0.2) is 0 Å². The van der Waals surface area contributed by atoms with Gasteiger partial charge in [-0.3, -0.25) is 4.79 Å². The summed E-state index contributed by atoms with van der Waals surface area (Å²) < 4.78 is 5.35. The highest BCUT2D eigenvalue weighted by molar-refractivity contribution is 5.95. The van der Waals surface area contributed by atoms with Crippen LogP contribution in [-0.2, 0) is 0 Å². The molecule has 0 fully saturated rings. The minimum atomic E-state index is -0.413. The molecule has 34 heavy (non-hydrogen) atoms. The SMILES string of the molecule is Cc1cc(Nc2ncc(-c3nnco3)c(N[C@H](CO)c3ccccc3)n2)ccc1C(=O)N(C)C. The molecule has 2 aromatic heterocycles. The maximum absolute atomic E-state index is 12.3. The molecule has 0 saturated carbocycles. The second-order valence-electron chi connectivity index (χ2n) is 7.84. The number of carbonyl (C=O) groups is 1. The van der Waals surface area contributed by atoms with Crippen LogP contribution in [0.2, 0.25) is 0 Å². The van der Waals surface area contributed by atoms with Crippen LogP contribution in [0.4, 0.5) is 17.5 Å². The number of hydrogen-bond donors (Lipinski definition) is 3. The Morgan fingerprint density at radius 1 is 1.18 bits per heavy atom. The molecular weight excluding hydrogens is 434 g/mol. The predicted octanol–water partition coefficient (Wildman–Crippen LogP) is 3.43. The molecule has 4 aromatic rings. The van der Waals surface area contributed by atoms with Crippen molar-refractivity contribution in [2.24, 2.45) is 0 Å². The molecule has 2 heterocycles. The molecule has 0 bridgehead atoms. The summed E-state index contributed by atoms with van der Waals surface area (Å²) in [7, 11) is 3.44. The van der Waals surface area contributed by atoms with Gasteiger partial charge >= 0.3 is 0 Å². The van der Waals surface area contributed by atoms with Crippen molar-refractivity contribution in [1.82, 2.24) is 25.1 Å². The van der Waals surface area contributed by atoms with Gasteiger partial charge in [-0.2, -0.15) is 4.98 Å². The first-order valence-electron chi connectivity index (χ1n) is 10.6. The number of nitrogens with one attached hydrogen (secondary N) is 2. The molecule has 1 amide bonds. The number of aliphatic hydroxyl groups excluding tert-OH is 1. The molecule has 4 rings (SSSR count). The van der Waals surface area contributed by atoms with Crippen LogP contribution >= 0.6 is 0 Å². The molecule has 10 nitrogen and oxygen atoms in total. The number of amides is 1. The molecule has 2 aromatic carbocycles. The Kier molecular flexibility index (Phi) is 6.79. The Hall–Kier alpha value is -4.31. The Labute approximate surface area is 196 Å². The average molecular weight is 460 g/mol. The van der Waals surface area contributed by atoms with Gasteiger partial charge in [0.25, 0.3) is 11.8 Å². The molecule has 0 aliphatic carbocycles. The minimum Gasteiger partial charge on any atom is -0.423 e. The molecule has 0 aliphatic rings. The van der Waals surface area contributed by atoms with E-state index in [4.69, 9.17) is 4.42 Å². The zero-order chi connectivity index (χ0) is 24.1. The van der Waals surface area contributed by atoms with E-state index in [9.17, 15) is 9.90 Å². The van der Waals surface area contributed by atoms with E-state index < -0.39 is 6.04 Å². The van der Waals surface area contributed by atoms with E-state index in [1.807, 2.05) is 43.3 Å². The lowest BCUT2D eigenvalue weighted by Gasteiger charge is -2.19. The maximum atomic E-state index is 12.3. The number of aromatic nitrogens is 4. The fourth-order valence-corrected chi connectivity index (χ4v) is 3.44. The van der Waals surface area contributed by atoms with Gasteiger partial charge < -0.3 is 25.1 Å². The third-order valence-corrected chi connectivity index (χ3v) is 5.19. The van der Waals surface area contributed by atoms with E-state index >= 15 is 0 Å². The fraction of sp³-hybridized carbons (Fsp3) is 0.208. The van der Waals surface area contributed by atoms with Crippen molar-refractivity contribution in [3.8, 4) is 11.5 Å². The van der Waals surface area contributed by atoms with Gasteiger partial charge in [0.05, 0.1) is 18.2 Å². The highest BCUT2D eigenvalue weighted by atomic mass is 16.4. The lowest BCUT2D eigenvalue weighted by molar-refractivity contribution is 0.0827. The molecule has 0 aliphatic heterocycles. The highest BCUT2D eigenvalue weighted by Gasteiger charge is 2.19. The zero-order valence-electron chi connectivity index (χ0n) is 19.1. The van der Waals surface area contributed by atoms with Gasteiger partial charge in [-0.25, -0.2) is 4.98 Å². The average Bonchev–Trinajstić information content (AvgIpc) is 3.37. The van der Waals surface area contributed by atoms with Crippen molar-refractivity contribution in [3.63, 3.8) is 0 Å². The monoisotopic (exact) mass is 459 g/mol. The third kappa shape index (κ3) is 5.02. The topological polar surface area (TPSA) is 129 Å². The van der Waals surface area contributed by atoms with Crippen molar-refractivity contribution >= 4 is 23.4 Å². The van der Waals surface area contributed by atoms with Gasteiger partial charge in [0.2, 0.25) is 12.3 Å². The van der Waals surface area contributed by atoms with E-state index in [0.717, 1.165) is 16.8 Å². The normalized spacial score (nSPS) is 11.6. The summed E-state index contributed by atoms with van der Waals surface area (Å²) in [5.74, 6) is 0.926. The predicted molar refractivity (Wildman–Crippen MR) is 128 cm³/mol. The molecule has 10 heteroatoms. The summed E-state index contributed by atoms with van der Waals surface area (Å²) in [5.41, 5.74) is 3.58. The number of aryl methyl sites for hydroxylation is 1. The van der Waals surface area contributed by atoms with E-state index in [1.54, 1.807) is 32.4 Å². The van der Waals surface area contributed by atoms with Crippen molar-refractivity contribution in [1.29, 1.82) is 0 Å². The summed E-state index contributed by atoms with van der Waals surface area (Å²) in [6.07, 6.45) is 2.80. The second-order valence-corrected chi connectivity index (χ2v) is 7.84. The van der Waals surface area contributed by atoms with Gasteiger partial charge in [-0.05, 0) is 36.2 Å². The first-order valence-corrected chi connectivity index (χ1v) is 10.6. The number of rotatable bonds is 8. The summed E-state index contributed by atoms with van der Waals surface area (Å²) >= 11 is 0. The first-order chi connectivity index (χ1) is 16.5. The Balaban J connectivity index is 1.65. The van der Waals surface area contributed by atoms with Crippen molar-refractivity contribution in [3.05, 3.63) is 77.8 Å². The van der Waals surface area contributed by atoms with Crippen LogP contribution in [-0.4, -0.2) is 56.8 Å². The van der Waals surface area contributed by atoms with Crippen LogP contribution < -0.4 is 10.6 Å². The first kappa shape index (κ1) is 22.9. The lowest BCUT2D eigenvalue weighted by Crippen LogP contribution is -2.22. The smallest absolute Gasteiger partial charge is 0.253 e. The largest absolute Gasteiger partial charge is 0.423 e. The van der Waals surface area contributed by atoms with E-state index in [-0.39, 0.29) is 18.4 Å². The maximum Gasteiger partial charge on any atom is 0.253 e. The molecule has 174 valence electrons. The number of hydrogen-bond acceptors (Lipinski definition) is 9. The quantitative estimate of drug-likeness (QED) is 0.363. The third-order valence-electron chi connectivity index (χ3n) is 5.19. The standard InChI is InChI=1S/C24H25N7O3/c1-15-11-17(9-10-18(15)23(33)31(2)3)27-24-25-12-19(22-30-26-14-34-22)21(29-24)28-20(13-32)16-7-5-4-6-8-16/h4-12,14,20,32H,13H2,1-3H3,(H2,25,27,28,29)/t20-/m1/s1. The number of nitrogens with zero attached hydrogens (tertiary/aromatic N) is 5. The van der Waals surface area contributed by atoms with Gasteiger partial charge in [0.1, 0.15) is 5.82 Å². The van der Waals surface area contributed by atoms with Crippen LogP contribution in [0.1, 0.15) is 27.5 Å². The zero-order valence-corrected chi connectivity index (χ0v) is 19.1. The van der Waals surface area contributed by atoms with E-state index in [1.165, 1.54) is 11.3 Å². The molecule has 0 spiro atoms. The van der Waals surface area contributed by atoms with Crippen LogP contribution in [0.25, 0.3) is 11.5 Å². The highest BCUT2D eigenvalue weighted by Crippen LogP contribution is 2.29. The second kappa shape index (κ2) is 10.1. The molecule has 0 radical (unpaired) electrons. The van der Waals surface area contributed by atoms with Crippen LogP contribution in [0.5, 0.6) is 0 Å². The Bertz CT molecular complexity index is 1260. The molecule has 0 unspecified atom stereocenters. The van der Waals surface area contributed by atoms with Crippen LogP contribution in [0.15, 0.2) is 65.5 Å². The molecule has 1 atom stereocenters. The van der Waals surface area contributed by atoms with Crippen molar-refractivity contribution < 1.29 is 14.3 Å². The summed E-state index contributed by atoms with van der Waals surface area (Å²) in [6, 6.07) is 14.6. The number of benzene rings is 2. The van der Waals surface area contributed by atoms with Crippen LogP contribution in [0, 0.1) is 6.92 Å². The van der Waals surface area contributed by atoms with E-state index in [2.05, 4.69) is 30.8 Å². The van der Waals surface area contributed by atoms with Crippen molar-refractivity contribution in [2.45, 2.75) is 13.0 Å². The molecule has 0 saturated heterocycles. The number of carbonyl (C=O) groups excluding carboxylic acids is 1. The summed E-state index contributed by atoms with van der Waals surface area (Å²) in [6.45, 7) is 1.72. The van der Waals surface area contributed by atoms with E-state index in [0.29, 0.717) is 22.9 Å². The van der Waals surface area contributed by atoms with Gasteiger partial charge in [-0.15, -0.1) is 10.2 Å². The number of aliphatic hydroxyl groups is 1. The lowest BCUT2D eigenvalue weighted by atomic mass is 10.1. The summed E-state index contributed by atoms with van der Waals surface area (Å²) in [4.78, 5) is 22.8. The molecular formula is C24H25N7O3. The van der Waals surface area contributed by atoms with Crippen molar-refractivity contribution in [2.75, 3.05) is 31.3 Å².